The van der Waals surface area contributed by atoms with Gasteiger partial charge in [-0.15, -0.1) is 0 Å². The Morgan fingerprint density at radius 3 is 2.44 bits per heavy atom. The third-order valence-electron chi connectivity index (χ3n) is 5.61. The fraction of sp³-hybridized carbons (Fsp3) is 0.120. The highest BCUT2D eigenvalue weighted by Gasteiger charge is 2.24. The molecule has 1 aliphatic heterocycles. The number of nitrogens with zero attached hydrogens (tertiary/aromatic N) is 3. The average Bonchev–Trinajstić information content (AvgIpc) is 3.26. The monoisotopic (exact) mass is 524 g/mol. The maximum atomic E-state index is 13.3. The quantitative estimate of drug-likeness (QED) is 0.348. The molecule has 2 aromatic heterocycles. The Balaban J connectivity index is 1.48. The van der Waals surface area contributed by atoms with Gasteiger partial charge in [0.2, 0.25) is 0 Å². The number of carbonyl (C=O) groups excluding carboxylic acids is 2. The van der Waals surface area contributed by atoms with E-state index in [0.717, 1.165) is 6.20 Å². The van der Waals surface area contributed by atoms with Gasteiger partial charge in [0.05, 0.1) is 39.2 Å². The molecule has 5 rings (SSSR count). The number of anilines is 1. The van der Waals surface area contributed by atoms with Crippen molar-refractivity contribution in [3.8, 4) is 16.9 Å². The van der Waals surface area contributed by atoms with E-state index in [9.17, 15) is 14.0 Å². The second-order valence-electron chi connectivity index (χ2n) is 8.12. The van der Waals surface area contributed by atoms with Crippen LogP contribution >= 0.6 is 23.2 Å². The SMILES string of the molecule is O=C(NC1CNC1)c1cc(NC(=O)c2cc(-c3ccc(F)cn3)c(Cl)cc2Cl)n(-c2ccccc2)n1. The van der Waals surface area contributed by atoms with Crippen LogP contribution in [0, 0.1) is 5.82 Å². The number of nitrogens with one attached hydrogen (secondary N) is 3. The minimum Gasteiger partial charge on any atom is -0.345 e. The Morgan fingerprint density at radius 2 is 1.78 bits per heavy atom. The lowest BCUT2D eigenvalue weighted by atomic mass is 10.1. The molecule has 1 saturated heterocycles. The van der Waals surface area contributed by atoms with Gasteiger partial charge in [0.1, 0.15) is 11.6 Å². The first-order chi connectivity index (χ1) is 17.4. The number of halogens is 3. The summed E-state index contributed by atoms with van der Waals surface area (Å²) in [5.41, 5.74) is 1.72. The van der Waals surface area contributed by atoms with Crippen molar-refractivity contribution in [3.63, 3.8) is 0 Å². The van der Waals surface area contributed by atoms with Crippen LogP contribution in [-0.2, 0) is 0 Å². The van der Waals surface area contributed by atoms with Crippen LogP contribution in [-0.4, -0.2) is 45.7 Å². The van der Waals surface area contributed by atoms with Crippen LogP contribution in [0.2, 0.25) is 10.0 Å². The van der Waals surface area contributed by atoms with Crippen LogP contribution in [0.1, 0.15) is 20.8 Å². The molecule has 182 valence electrons. The summed E-state index contributed by atoms with van der Waals surface area (Å²) in [7, 11) is 0. The number of amides is 2. The van der Waals surface area contributed by atoms with Crippen molar-refractivity contribution in [1.82, 2.24) is 25.4 Å². The van der Waals surface area contributed by atoms with Gasteiger partial charge in [-0.1, -0.05) is 41.4 Å². The van der Waals surface area contributed by atoms with E-state index in [1.165, 1.54) is 35.0 Å². The van der Waals surface area contributed by atoms with E-state index in [1.54, 1.807) is 12.1 Å². The van der Waals surface area contributed by atoms with Crippen molar-refractivity contribution in [3.05, 3.63) is 94.0 Å². The van der Waals surface area contributed by atoms with Crippen molar-refractivity contribution in [2.24, 2.45) is 0 Å². The number of carbonyl (C=O) groups is 2. The van der Waals surface area contributed by atoms with Crippen LogP contribution in [0.3, 0.4) is 0 Å². The Kier molecular flexibility index (Phi) is 6.69. The van der Waals surface area contributed by atoms with Gasteiger partial charge < -0.3 is 16.0 Å². The molecular weight excluding hydrogens is 506 g/mol. The minimum absolute atomic E-state index is 0.0313. The first-order valence-corrected chi connectivity index (χ1v) is 11.7. The van der Waals surface area contributed by atoms with Crippen molar-refractivity contribution in [2.75, 3.05) is 18.4 Å². The summed E-state index contributed by atoms with van der Waals surface area (Å²) < 4.78 is 14.8. The molecule has 0 atom stereocenters. The maximum absolute atomic E-state index is 13.3. The molecular formula is C25H19Cl2FN6O2. The highest BCUT2D eigenvalue weighted by atomic mass is 35.5. The number of aromatic nitrogens is 3. The lowest BCUT2D eigenvalue weighted by Gasteiger charge is -2.27. The Labute approximate surface area is 215 Å². The summed E-state index contributed by atoms with van der Waals surface area (Å²) in [6.45, 7) is 1.38. The van der Waals surface area contributed by atoms with Crippen molar-refractivity contribution >= 4 is 40.8 Å². The lowest BCUT2D eigenvalue weighted by Crippen LogP contribution is -2.57. The van der Waals surface area contributed by atoms with Crippen LogP contribution < -0.4 is 16.0 Å². The predicted octanol–water partition coefficient (Wildman–Crippen LogP) is 4.33. The van der Waals surface area contributed by atoms with E-state index in [4.69, 9.17) is 23.2 Å². The van der Waals surface area contributed by atoms with Gasteiger partial charge in [0.25, 0.3) is 11.8 Å². The Bertz CT molecular complexity index is 1440. The largest absolute Gasteiger partial charge is 0.345 e. The summed E-state index contributed by atoms with van der Waals surface area (Å²) >= 11 is 12.7. The molecule has 0 aliphatic carbocycles. The zero-order chi connectivity index (χ0) is 25.2. The van der Waals surface area contributed by atoms with E-state index < -0.39 is 11.7 Å². The first kappa shape index (κ1) is 23.9. The van der Waals surface area contributed by atoms with Crippen molar-refractivity contribution in [1.29, 1.82) is 0 Å². The van der Waals surface area contributed by atoms with Gasteiger partial charge >= 0.3 is 0 Å². The summed E-state index contributed by atoms with van der Waals surface area (Å²) in [4.78, 5) is 30.1. The average molecular weight is 525 g/mol. The molecule has 0 saturated carbocycles. The number of para-hydroxylation sites is 1. The number of hydrogen-bond donors (Lipinski definition) is 3. The standard InChI is InChI=1S/C25H19Cl2FN6O2/c26-19-9-20(27)18(8-17(19)21-7-6-14(28)11-30-21)24(35)32-23-10-22(25(36)31-15-12-29-13-15)33-34(23)16-4-2-1-3-5-16/h1-11,15,29H,12-13H2,(H,31,36)(H,32,35). The molecule has 0 unspecified atom stereocenters. The molecule has 4 aromatic rings. The summed E-state index contributed by atoms with van der Waals surface area (Å²) in [6.07, 6.45) is 1.06. The second-order valence-corrected chi connectivity index (χ2v) is 8.93. The van der Waals surface area contributed by atoms with Crippen molar-refractivity contribution in [2.45, 2.75) is 6.04 Å². The van der Waals surface area contributed by atoms with Gasteiger partial charge in [0.15, 0.2) is 5.69 Å². The van der Waals surface area contributed by atoms with Crippen LogP contribution in [0.4, 0.5) is 10.2 Å². The molecule has 3 N–H and O–H groups in total. The first-order valence-electron chi connectivity index (χ1n) is 11.0. The van der Waals surface area contributed by atoms with E-state index in [-0.39, 0.29) is 39.1 Å². The molecule has 1 fully saturated rings. The normalized spacial score (nSPS) is 13.2. The van der Waals surface area contributed by atoms with Gasteiger partial charge in [0, 0.05) is 24.7 Å². The molecule has 36 heavy (non-hydrogen) atoms. The smallest absolute Gasteiger partial charge is 0.272 e. The molecule has 3 heterocycles. The fourth-order valence-electron chi connectivity index (χ4n) is 3.64. The third kappa shape index (κ3) is 4.94. The number of rotatable bonds is 6. The molecule has 2 amide bonds. The number of benzene rings is 2. The summed E-state index contributed by atoms with van der Waals surface area (Å²) in [5, 5.41) is 13.6. The van der Waals surface area contributed by atoms with Gasteiger partial charge in [-0.3, -0.25) is 14.6 Å². The molecule has 2 aromatic carbocycles. The predicted molar refractivity (Wildman–Crippen MR) is 135 cm³/mol. The molecule has 8 nitrogen and oxygen atoms in total. The highest BCUT2D eigenvalue weighted by Crippen LogP contribution is 2.32. The minimum atomic E-state index is -0.549. The zero-order valence-corrected chi connectivity index (χ0v) is 20.1. The van der Waals surface area contributed by atoms with E-state index in [1.807, 2.05) is 18.2 Å². The van der Waals surface area contributed by atoms with E-state index in [0.29, 0.717) is 30.0 Å². The maximum Gasteiger partial charge on any atom is 0.272 e. The van der Waals surface area contributed by atoms with Crippen LogP contribution in [0.5, 0.6) is 0 Å². The molecule has 0 radical (unpaired) electrons. The Morgan fingerprint density at radius 1 is 1.00 bits per heavy atom. The zero-order valence-electron chi connectivity index (χ0n) is 18.6. The van der Waals surface area contributed by atoms with E-state index in [2.05, 4.69) is 26.0 Å². The molecule has 1 aliphatic rings. The van der Waals surface area contributed by atoms with Gasteiger partial charge in [-0.25, -0.2) is 9.07 Å². The molecule has 0 bridgehead atoms. The third-order valence-corrected chi connectivity index (χ3v) is 6.23. The topological polar surface area (TPSA) is 101 Å². The van der Waals surface area contributed by atoms with E-state index >= 15 is 0 Å². The van der Waals surface area contributed by atoms with Gasteiger partial charge in [-0.2, -0.15) is 5.10 Å². The summed E-state index contributed by atoms with van der Waals surface area (Å²) in [6, 6.07) is 16.2. The lowest BCUT2D eigenvalue weighted by molar-refractivity contribution is 0.0917. The molecule has 11 heteroatoms. The van der Waals surface area contributed by atoms with Crippen LogP contribution in [0.25, 0.3) is 16.9 Å². The molecule has 0 spiro atoms. The fourth-order valence-corrected chi connectivity index (χ4v) is 4.20. The van der Waals surface area contributed by atoms with Crippen molar-refractivity contribution < 1.29 is 14.0 Å². The second kappa shape index (κ2) is 10.1. The Hall–Kier alpha value is -3.79. The van der Waals surface area contributed by atoms with Gasteiger partial charge in [-0.05, 0) is 36.4 Å². The summed E-state index contributed by atoms with van der Waals surface area (Å²) in [5.74, 6) is -1.12. The van der Waals surface area contributed by atoms with Crippen LogP contribution in [0.15, 0.2) is 66.9 Å². The number of pyridine rings is 1. The highest BCUT2D eigenvalue weighted by molar-refractivity contribution is 6.38. The number of hydrogen-bond acceptors (Lipinski definition) is 5.